The largest absolute Gasteiger partial charge is 0.391 e. The quantitative estimate of drug-likeness (QED) is 0.703. The molecule has 0 unspecified atom stereocenters. The molecule has 1 aliphatic heterocycles. The molecular formula is C21H24N4O2. The van der Waals surface area contributed by atoms with E-state index in [-0.39, 0.29) is 11.8 Å². The number of aromatic nitrogens is 3. The summed E-state index contributed by atoms with van der Waals surface area (Å²) in [5.74, 6) is 0.156. The van der Waals surface area contributed by atoms with Gasteiger partial charge in [-0.05, 0) is 37.0 Å². The van der Waals surface area contributed by atoms with E-state index < -0.39 is 6.10 Å². The van der Waals surface area contributed by atoms with Gasteiger partial charge in [0.15, 0.2) is 0 Å². The molecule has 6 heteroatoms. The number of fused-ring (bicyclic) bond motifs is 1. The predicted molar refractivity (Wildman–Crippen MR) is 103 cm³/mol. The summed E-state index contributed by atoms with van der Waals surface area (Å²) in [4.78, 5) is 19.0. The van der Waals surface area contributed by atoms with E-state index in [9.17, 15) is 9.90 Å². The highest BCUT2D eigenvalue weighted by Gasteiger charge is 2.33. The Morgan fingerprint density at radius 3 is 2.96 bits per heavy atom. The van der Waals surface area contributed by atoms with Crippen LogP contribution in [0.5, 0.6) is 0 Å². The zero-order chi connectivity index (χ0) is 18.6. The molecule has 2 aromatic heterocycles. The normalized spacial score (nSPS) is 19.7. The summed E-state index contributed by atoms with van der Waals surface area (Å²) in [5.41, 5.74) is 3.05. The Bertz CT molecular complexity index is 909. The maximum absolute atomic E-state index is 12.5. The second kappa shape index (κ2) is 7.88. The van der Waals surface area contributed by atoms with E-state index >= 15 is 0 Å². The Hall–Kier alpha value is -2.73. The standard InChI is InChI=1S/C21H24N4O2/c26-20-14-25(21(27)7-3-4-15-11-22-23-12-15)13-17(20)10-18-9-8-16-5-1-2-6-19(16)24-18/h1-2,5-6,8-9,11-12,17,20,26H,3-4,7,10,13-14H2,(H,22,23)/t17-,20-/m1/s1. The number of pyridine rings is 1. The van der Waals surface area contributed by atoms with Crippen molar-refractivity contribution in [3.8, 4) is 0 Å². The number of rotatable bonds is 6. The van der Waals surface area contributed by atoms with Crippen LogP contribution in [0, 0.1) is 5.92 Å². The van der Waals surface area contributed by atoms with Gasteiger partial charge in [-0.3, -0.25) is 14.9 Å². The number of amides is 1. The number of aryl methyl sites for hydroxylation is 1. The first-order chi connectivity index (χ1) is 13.2. The number of aliphatic hydroxyl groups excluding tert-OH is 1. The second-order valence-electron chi connectivity index (χ2n) is 7.29. The molecular weight excluding hydrogens is 340 g/mol. The first-order valence-corrected chi connectivity index (χ1v) is 9.47. The fourth-order valence-corrected chi connectivity index (χ4v) is 3.77. The number of para-hydroxylation sites is 1. The Morgan fingerprint density at radius 2 is 2.11 bits per heavy atom. The van der Waals surface area contributed by atoms with E-state index in [1.54, 1.807) is 11.1 Å². The zero-order valence-electron chi connectivity index (χ0n) is 15.2. The summed E-state index contributed by atoms with van der Waals surface area (Å²) in [6.45, 7) is 1.02. The molecule has 1 saturated heterocycles. The van der Waals surface area contributed by atoms with Crippen LogP contribution in [-0.4, -0.2) is 50.3 Å². The lowest BCUT2D eigenvalue weighted by Crippen LogP contribution is -2.29. The molecule has 0 aliphatic carbocycles. The third kappa shape index (κ3) is 4.17. The first kappa shape index (κ1) is 17.7. The van der Waals surface area contributed by atoms with Crippen molar-refractivity contribution < 1.29 is 9.90 Å². The topological polar surface area (TPSA) is 82.1 Å². The predicted octanol–water partition coefficient (Wildman–Crippen LogP) is 2.34. The van der Waals surface area contributed by atoms with Gasteiger partial charge in [0, 0.05) is 42.7 Å². The summed E-state index contributed by atoms with van der Waals surface area (Å²) in [6.07, 6.45) is 5.97. The fourth-order valence-electron chi connectivity index (χ4n) is 3.77. The molecule has 0 bridgehead atoms. The highest BCUT2D eigenvalue weighted by atomic mass is 16.3. The van der Waals surface area contributed by atoms with E-state index in [1.807, 2.05) is 36.5 Å². The number of likely N-dealkylation sites (tertiary alicyclic amines) is 1. The van der Waals surface area contributed by atoms with E-state index in [0.29, 0.717) is 25.9 Å². The summed E-state index contributed by atoms with van der Waals surface area (Å²) >= 11 is 0. The molecule has 0 radical (unpaired) electrons. The van der Waals surface area contributed by atoms with Gasteiger partial charge in [0.2, 0.25) is 5.91 Å². The van der Waals surface area contributed by atoms with Gasteiger partial charge < -0.3 is 10.0 Å². The average Bonchev–Trinajstić information content (AvgIpc) is 3.32. The number of aliphatic hydroxyl groups is 1. The van der Waals surface area contributed by atoms with Crippen LogP contribution in [0.2, 0.25) is 0 Å². The van der Waals surface area contributed by atoms with Crippen molar-refractivity contribution in [3.63, 3.8) is 0 Å². The van der Waals surface area contributed by atoms with Crippen LogP contribution in [0.25, 0.3) is 10.9 Å². The van der Waals surface area contributed by atoms with Gasteiger partial charge in [0.1, 0.15) is 0 Å². The minimum Gasteiger partial charge on any atom is -0.391 e. The molecule has 3 heterocycles. The van der Waals surface area contributed by atoms with E-state index in [0.717, 1.165) is 35.0 Å². The molecule has 1 aliphatic rings. The Morgan fingerprint density at radius 1 is 1.22 bits per heavy atom. The molecule has 1 fully saturated rings. The molecule has 1 aromatic carbocycles. The smallest absolute Gasteiger partial charge is 0.222 e. The van der Waals surface area contributed by atoms with Crippen molar-refractivity contribution in [3.05, 3.63) is 60.0 Å². The van der Waals surface area contributed by atoms with Crippen LogP contribution in [0.3, 0.4) is 0 Å². The molecule has 2 N–H and O–H groups in total. The third-order valence-corrected chi connectivity index (χ3v) is 5.30. The number of benzene rings is 1. The Kier molecular flexibility index (Phi) is 5.16. The van der Waals surface area contributed by atoms with Gasteiger partial charge in [-0.25, -0.2) is 0 Å². The summed E-state index contributed by atoms with van der Waals surface area (Å²) in [5, 5.41) is 18.2. The van der Waals surface area contributed by atoms with Crippen molar-refractivity contribution >= 4 is 16.8 Å². The Balaban J connectivity index is 1.32. The number of hydrogen-bond donors (Lipinski definition) is 2. The molecule has 6 nitrogen and oxygen atoms in total. The highest BCUT2D eigenvalue weighted by molar-refractivity contribution is 5.78. The van der Waals surface area contributed by atoms with E-state index in [2.05, 4.69) is 16.3 Å². The molecule has 140 valence electrons. The summed E-state index contributed by atoms with van der Waals surface area (Å²) in [7, 11) is 0. The number of nitrogens with zero attached hydrogens (tertiary/aromatic N) is 3. The number of H-pyrrole nitrogens is 1. The molecule has 1 amide bonds. The van der Waals surface area contributed by atoms with Crippen LogP contribution in [0.15, 0.2) is 48.8 Å². The van der Waals surface area contributed by atoms with Crippen LogP contribution in [0.1, 0.15) is 24.1 Å². The minimum atomic E-state index is -0.490. The first-order valence-electron chi connectivity index (χ1n) is 9.47. The molecule has 0 spiro atoms. The van der Waals surface area contributed by atoms with Crippen molar-refractivity contribution in [2.45, 2.75) is 31.8 Å². The number of β-amino-alcohol motifs (C(OH)–C–C–N with tert-alkyl or cyclic N) is 1. The monoisotopic (exact) mass is 364 g/mol. The maximum Gasteiger partial charge on any atom is 0.222 e. The van der Waals surface area contributed by atoms with E-state index in [1.165, 1.54) is 0 Å². The molecule has 2 atom stereocenters. The van der Waals surface area contributed by atoms with Crippen LogP contribution >= 0.6 is 0 Å². The number of hydrogen-bond acceptors (Lipinski definition) is 4. The van der Waals surface area contributed by atoms with Crippen molar-refractivity contribution in [2.24, 2.45) is 5.92 Å². The SMILES string of the molecule is O=C(CCCc1cn[nH]c1)N1C[C@@H](Cc2ccc3ccccc3n2)[C@H](O)C1. The minimum absolute atomic E-state index is 0.0384. The Labute approximate surface area is 158 Å². The molecule has 27 heavy (non-hydrogen) atoms. The third-order valence-electron chi connectivity index (χ3n) is 5.30. The van der Waals surface area contributed by atoms with Crippen LogP contribution < -0.4 is 0 Å². The van der Waals surface area contributed by atoms with Gasteiger partial charge >= 0.3 is 0 Å². The number of nitrogens with one attached hydrogen (secondary N) is 1. The zero-order valence-corrected chi connectivity index (χ0v) is 15.2. The molecule has 3 aromatic rings. The molecule has 0 saturated carbocycles. The summed E-state index contributed by atoms with van der Waals surface area (Å²) in [6, 6.07) is 12.1. The lowest BCUT2D eigenvalue weighted by Gasteiger charge is -2.16. The fraction of sp³-hybridized carbons (Fsp3) is 0.381. The van der Waals surface area contributed by atoms with Gasteiger partial charge in [-0.2, -0.15) is 5.10 Å². The van der Waals surface area contributed by atoms with Gasteiger partial charge in [-0.1, -0.05) is 24.3 Å². The highest BCUT2D eigenvalue weighted by Crippen LogP contribution is 2.23. The number of aromatic amines is 1. The lowest BCUT2D eigenvalue weighted by molar-refractivity contribution is -0.130. The number of carbonyl (C=O) groups excluding carboxylic acids is 1. The van der Waals surface area contributed by atoms with Gasteiger partial charge in [0.25, 0.3) is 0 Å². The number of carbonyl (C=O) groups is 1. The van der Waals surface area contributed by atoms with Crippen molar-refractivity contribution in [2.75, 3.05) is 13.1 Å². The lowest BCUT2D eigenvalue weighted by atomic mass is 9.99. The average molecular weight is 364 g/mol. The van der Waals surface area contributed by atoms with E-state index in [4.69, 9.17) is 4.98 Å². The van der Waals surface area contributed by atoms with Crippen molar-refractivity contribution in [1.82, 2.24) is 20.1 Å². The van der Waals surface area contributed by atoms with Gasteiger partial charge in [-0.15, -0.1) is 0 Å². The second-order valence-corrected chi connectivity index (χ2v) is 7.29. The van der Waals surface area contributed by atoms with Gasteiger partial charge in [0.05, 0.1) is 17.8 Å². The molecule has 4 rings (SSSR count). The van der Waals surface area contributed by atoms with Crippen molar-refractivity contribution in [1.29, 1.82) is 0 Å². The van der Waals surface area contributed by atoms with Crippen LogP contribution in [0.4, 0.5) is 0 Å². The maximum atomic E-state index is 12.5. The summed E-state index contributed by atoms with van der Waals surface area (Å²) < 4.78 is 0. The van der Waals surface area contributed by atoms with Crippen LogP contribution in [-0.2, 0) is 17.6 Å².